The molecule has 0 spiro atoms. The van der Waals surface area contributed by atoms with Crippen molar-refractivity contribution in [2.24, 2.45) is 0 Å². The van der Waals surface area contributed by atoms with E-state index in [1.54, 1.807) is 6.08 Å². The van der Waals surface area contributed by atoms with Gasteiger partial charge >= 0.3 is 6.03 Å². The summed E-state index contributed by atoms with van der Waals surface area (Å²) in [5.41, 5.74) is 1.25. The van der Waals surface area contributed by atoms with Gasteiger partial charge in [0.2, 0.25) is 6.04 Å². The summed E-state index contributed by atoms with van der Waals surface area (Å²) in [6.07, 6.45) is 4.93. The molecule has 0 aromatic heterocycles. The van der Waals surface area contributed by atoms with Crippen LogP contribution in [0.4, 0.5) is 14.9 Å². The van der Waals surface area contributed by atoms with E-state index in [0.717, 1.165) is 30.1 Å². The summed E-state index contributed by atoms with van der Waals surface area (Å²) in [5, 5.41) is 15.8. The van der Waals surface area contributed by atoms with Crippen molar-refractivity contribution < 1.29 is 23.6 Å². The van der Waals surface area contributed by atoms with Crippen LogP contribution in [0.3, 0.4) is 0 Å². The highest BCUT2D eigenvalue weighted by Gasteiger charge is 2.34. The fraction of sp³-hybridized carbons (Fsp3) is 0.250. The third-order valence-electron chi connectivity index (χ3n) is 5.88. The summed E-state index contributed by atoms with van der Waals surface area (Å²) in [7, 11) is 0. The molecule has 1 unspecified atom stereocenters. The van der Waals surface area contributed by atoms with E-state index in [9.17, 15) is 24.1 Å². The van der Waals surface area contributed by atoms with E-state index in [2.05, 4.69) is 5.32 Å². The smallest absolute Gasteiger partial charge is 0.326 e. The van der Waals surface area contributed by atoms with Crippen molar-refractivity contribution in [2.75, 3.05) is 5.32 Å². The zero-order valence-electron chi connectivity index (χ0n) is 18.6. The number of halogens is 4. The van der Waals surface area contributed by atoms with Crippen LogP contribution in [0.2, 0.25) is 15.1 Å². The molecule has 0 aliphatic heterocycles. The maximum absolute atomic E-state index is 13.9. The zero-order chi connectivity index (χ0) is 26.0. The molecule has 3 amide bonds. The molecule has 2 N–H and O–H groups in total. The SMILES string of the molecule is O=C(NC(=O)c1c(F)cccc1Cl)Nc1cc(Cl)c(OC2=CCC([N+](=O)[O-])C3=C2CCCC3)c(Cl)c1. The molecule has 188 valence electrons. The second-order valence-corrected chi connectivity index (χ2v) is 9.41. The number of carbonyl (C=O) groups is 2. The minimum Gasteiger partial charge on any atom is -0.454 e. The second kappa shape index (κ2) is 10.9. The summed E-state index contributed by atoms with van der Waals surface area (Å²) < 4.78 is 19.9. The maximum Gasteiger partial charge on any atom is 0.326 e. The molecule has 2 aromatic rings. The highest BCUT2D eigenvalue weighted by molar-refractivity contribution is 6.38. The summed E-state index contributed by atoms with van der Waals surface area (Å²) >= 11 is 18.6. The first-order valence-electron chi connectivity index (χ1n) is 10.9. The van der Waals surface area contributed by atoms with Gasteiger partial charge in [0.25, 0.3) is 5.91 Å². The van der Waals surface area contributed by atoms with Crippen molar-refractivity contribution in [3.8, 4) is 5.75 Å². The Morgan fingerprint density at radius 3 is 2.44 bits per heavy atom. The van der Waals surface area contributed by atoms with E-state index in [1.165, 1.54) is 24.3 Å². The Balaban J connectivity index is 1.48. The lowest BCUT2D eigenvalue weighted by Crippen LogP contribution is -2.35. The normalized spacial score (nSPS) is 17.1. The number of imide groups is 1. The number of hydrogen-bond donors (Lipinski definition) is 2. The quantitative estimate of drug-likeness (QED) is 0.307. The molecule has 0 heterocycles. The molecule has 0 saturated heterocycles. The number of hydrogen-bond acceptors (Lipinski definition) is 5. The van der Waals surface area contributed by atoms with E-state index in [-0.39, 0.29) is 37.8 Å². The van der Waals surface area contributed by atoms with Gasteiger partial charge in [0.05, 0.1) is 20.6 Å². The van der Waals surface area contributed by atoms with Gasteiger partial charge in [-0.3, -0.25) is 20.2 Å². The van der Waals surface area contributed by atoms with Crippen LogP contribution in [-0.4, -0.2) is 22.9 Å². The molecular formula is C24H19Cl3FN3O5. The van der Waals surface area contributed by atoms with Gasteiger partial charge in [-0.05, 0) is 56.0 Å². The van der Waals surface area contributed by atoms with E-state index >= 15 is 0 Å². The minimum atomic E-state index is -1.03. The molecule has 0 radical (unpaired) electrons. The summed E-state index contributed by atoms with van der Waals surface area (Å²) in [5.74, 6) is -1.29. The largest absolute Gasteiger partial charge is 0.454 e. The number of urea groups is 1. The van der Waals surface area contributed by atoms with Gasteiger partial charge in [0.15, 0.2) is 5.75 Å². The number of nitrogens with one attached hydrogen (secondary N) is 2. The first kappa shape index (κ1) is 25.9. The Hall–Kier alpha value is -3.14. The van der Waals surface area contributed by atoms with Crippen molar-refractivity contribution in [3.05, 3.63) is 89.9 Å². The summed E-state index contributed by atoms with van der Waals surface area (Å²) in [6, 6.07) is 4.70. The third kappa shape index (κ3) is 5.48. The van der Waals surface area contributed by atoms with E-state index in [4.69, 9.17) is 39.5 Å². The van der Waals surface area contributed by atoms with Crippen molar-refractivity contribution in [2.45, 2.75) is 38.1 Å². The van der Waals surface area contributed by atoms with Gasteiger partial charge in [-0.2, -0.15) is 0 Å². The Bertz CT molecular complexity index is 1280. The number of allylic oxidation sites excluding steroid dienone is 1. The Morgan fingerprint density at radius 2 is 1.78 bits per heavy atom. The van der Waals surface area contributed by atoms with Gasteiger partial charge in [0.1, 0.15) is 11.6 Å². The van der Waals surface area contributed by atoms with Crippen LogP contribution in [0.1, 0.15) is 42.5 Å². The molecule has 0 saturated carbocycles. The van der Waals surface area contributed by atoms with Crippen molar-refractivity contribution in [1.82, 2.24) is 5.32 Å². The molecule has 12 heteroatoms. The van der Waals surface area contributed by atoms with E-state index in [1.807, 2.05) is 5.32 Å². The predicted octanol–water partition coefficient (Wildman–Crippen LogP) is 6.93. The lowest BCUT2D eigenvalue weighted by atomic mass is 9.82. The molecule has 2 aromatic carbocycles. The molecule has 4 rings (SSSR count). The van der Waals surface area contributed by atoms with Gasteiger partial charge in [-0.1, -0.05) is 40.9 Å². The number of nitrogens with zero attached hydrogens (tertiary/aromatic N) is 1. The molecule has 1 atom stereocenters. The van der Waals surface area contributed by atoms with Crippen LogP contribution >= 0.6 is 34.8 Å². The molecule has 0 fully saturated rings. The molecule has 2 aliphatic rings. The standard InChI is InChI=1S/C24H19Cl3FN3O5/c25-15-6-3-7-18(28)21(15)23(32)30-24(33)29-12-10-16(26)22(17(27)11-12)36-20-9-8-19(31(34)35)13-4-1-2-5-14(13)20/h3,6-7,9-11,19H,1-2,4-5,8H2,(H2,29,30,32,33). The number of carbonyl (C=O) groups excluding carboxylic acids is 2. The van der Waals surface area contributed by atoms with E-state index < -0.39 is 29.4 Å². The number of benzene rings is 2. The Morgan fingerprint density at radius 1 is 1.08 bits per heavy atom. The number of anilines is 1. The Kier molecular flexibility index (Phi) is 7.82. The number of rotatable bonds is 5. The number of ether oxygens (including phenoxy) is 1. The zero-order valence-corrected chi connectivity index (χ0v) is 20.8. The average Bonchev–Trinajstić information content (AvgIpc) is 2.81. The highest BCUT2D eigenvalue weighted by Crippen LogP contribution is 2.42. The topological polar surface area (TPSA) is 111 Å². The molecule has 2 aliphatic carbocycles. The summed E-state index contributed by atoms with van der Waals surface area (Å²) in [6.45, 7) is 0. The van der Waals surface area contributed by atoms with Crippen LogP contribution in [0.25, 0.3) is 0 Å². The van der Waals surface area contributed by atoms with Gasteiger partial charge in [-0.15, -0.1) is 0 Å². The third-order valence-corrected chi connectivity index (χ3v) is 6.75. The van der Waals surface area contributed by atoms with Crippen LogP contribution in [0.15, 0.2) is 53.3 Å². The highest BCUT2D eigenvalue weighted by atomic mass is 35.5. The number of nitro groups is 1. The first-order chi connectivity index (χ1) is 17.2. The lowest BCUT2D eigenvalue weighted by Gasteiger charge is -2.28. The van der Waals surface area contributed by atoms with E-state index in [0.29, 0.717) is 18.6 Å². The Labute approximate surface area is 220 Å². The molecule has 0 bridgehead atoms. The van der Waals surface area contributed by atoms with Crippen molar-refractivity contribution in [3.63, 3.8) is 0 Å². The maximum atomic E-state index is 13.9. The molecule has 8 nitrogen and oxygen atoms in total. The number of amides is 3. The first-order valence-corrected chi connectivity index (χ1v) is 12.1. The molecule has 36 heavy (non-hydrogen) atoms. The van der Waals surface area contributed by atoms with Crippen molar-refractivity contribution in [1.29, 1.82) is 0 Å². The second-order valence-electron chi connectivity index (χ2n) is 8.19. The van der Waals surface area contributed by atoms with Gasteiger partial charge < -0.3 is 10.1 Å². The minimum absolute atomic E-state index is 0.0662. The fourth-order valence-electron chi connectivity index (χ4n) is 4.26. The van der Waals surface area contributed by atoms with Crippen LogP contribution in [0.5, 0.6) is 5.75 Å². The van der Waals surface area contributed by atoms with Crippen LogP contribution in [0, 0.1) is 15.9 Å². The fourth-order valence-corrected chi connectivity index (χ4v) is 5.07. The lowest BCUT2D eigenvalue weighted by molar-refractivity contribution is -0.512. The predicted molar refractivity (Wildman–Crippen MR) is 134 cm³/mol. The van der Waals surface area contributed by atoms with Crippen molar-refractivity contribution >= 4 is 52.4 Å². The molecular weight excluding hydrogens is 536 g/mol. The average molecular weight is 555 g/mol. The van der Waals surface area contributed by atoms with Crippen LogP contribution < -0.4 is 15.4 Å². The summed E-state index contributed by atoms with van der Waals surface area (Å²) in [4.78, 5) is 35.7. The van der Waals surface area contributed by atoms with Gasteiger partial charge in [-0.25, -0.2) is 9.18 Å². The van der Waals surface area contributed by atoms with Crippen LogP contribution in [-0.2, 0) is 0 Å². The van der Waals surface area contributed by atoms with Gasteiger partial charge in [0, 0.05) is 28.2 Å². The monoisotopic (exact) mass is 553 g/mol.